The van der Waals surface area contributed by atoms with Gasteiger partial charge in [0.25, 0.3) is 0 Å². The van der Waals surface area contributed by atoms with Gasteiger partial charge in [0.1, 0.15) is 17.5 Å². The van der Waals surface area contributed by atoms with Gasteiger partial charge in [-0.1, -0.05) is 18.2 Å². The number of nitrogens with zero attached hydrogens (tertiary/aromatic N) is 1. The summed E-state index contributed by atoms with van der Waals surface area (Å²) in [7, 11) is 0. The van der Waals surface area contributed by atoms with E-state index in [1.165, 1.54) is 36.4 Å². The van der Waals surface area contributed by atoms with Crippen molar-refractivity contribution in [1.82, 2.24) is 4.98 Å². The number of hydrogen-bond donors (Lipinski definition) is 1. The van der Waals surface area contributed by atoms with Crippen LogP contribution < -0.4 is 0 Å². The van der Waals surface area contributed by atoms with Gasteiger partial charge in [-0.15, -0.1) is 0 Å². The van der Waals surface area contributed by atoms with E-state index in [-0.39, 0.29) is 22.1 Å². The average molecular weight is 405 g/mol. The zero-order chi connectivity index (χ0) is 21.0. The Morgan fingerprint density at radius 3 is 2.43 bits per heavy atom. The van der Waals surface area contributed by atoms with Gasteiger partial charge >= 0.3 is 5.97 Å². The Bertz CT molecular complexity index is 1360. The number of benzene rings is 3. The number of hydrogen-bond acceptors (Lipinski definition) is 2. The minimum absolute atomic E-state index is 0.0151. The van der Waals surface area contributed by atoms with Crippen LogP contribution in [-0.2, 0) is 12.8 Å². The lowest BCUT2D eigenvalue weighted by atomic mass is 9.83. The fourth-order valence-electron chi connectivity index (χ4n) is 4.18. The van der Waals surface area contributed by atoms with Crippen molar-refractivity contribution in [3.8, 4) is 22.4 Å². The van der Waals surface area contributed by atoms with Gasteiger partial charge in [-0.3, -0.25) is 0 Å². The van der Waals surface area contributed by atoms with E-state index in [4.69, 9.17) is 0 Å². The van der Waals surface area contributed by atoms with Gasteiger partial charge in [0.05, 0.1) is 16.8 Å². The maximum absolute atomic E-state index is 15.0. The lowest BCUT2D eigenvalue weighted by Crippen LogP contribution is -2.14. The molecule has 148 valence electrons. The van der Waals surface area contributed by atoms with Crippen molar-refractivity contribution in [2.75, 3.05) is 0 Å². The summed E-state index contributed by atoms with van der Waals surface area (Å²) in [5.41, 5.74) is 2.67. The Kier molecular flexibility index (Phi) is 4.10. The van der Waals surface area contributed by atoms with Crippen molar-refractivity contribution < 1.29 is 23.1 Å². The number of carboxylic acid groups (broad SMARTS) is 1. The summed E-state index contributed by atoms with van der Waals surface area (Å²) < 4.78 is 42.9. The van der Waals surface area contributed by atoms with Gasteiger partial charge in [0, 0.05) is 22.1 Å². The standard InChI is InChI=1S/C24H14F3NO2/c25-13-6-8-21-18(10-13)22(24(29)30)15-7-5-12-9-17(14-3-1-2-4-19(14)26)20(27)11-16(12)23(15)28-21/h1-4,6,8-11H,5,7H2,(H,29,30). The van der Waals surface area contributed by atoms with E-state index in [9.17, 15) is 18.7 Å². The molecule has 1 heterocycles. The van der Waals surface area contributed by atoms with E-state index in [0.717, 1.165) is 11.6 Å². The van der Waals surface area contributed by atoms with Crippen LogP contribution in [0.15, 0.2) is 54.6 Å². The minimum Gasteiger partial charge on any atom is -0.478 e. The molecule has 0 saturated heterocycles. The number of rotatable bonds is 2. The normalized spacial score (nSPS) is 12.5. The first-order valence-electron chi connectivity index (χ1n) is 9.37. The summed E-state index contributed by atoms with van der Waals surface area (Å²) >= 11 is 0. The molecule has 0 aliphatic heterocycles. The van der Waals surface area contributed by atoms with Crippen LogP contribution in [0, 0.1) is 17.5 Å². The van der Waals surface area contributed by atoms with Crippen molar-refractivity contribution >= 4 is 16.9 Å². The molecule has 1 N–H and O–H groups in total. The van der Waals surface area contributed by atoms with E-state index in [1.54, 1.807) is 12.1 Å². The molecular weight excluding hydrogens is 391 g/mol. The van der Waals surface area contributed by atoms with E-state index in [2.05, 4.69) is 4.98 Å². The lowest BCUT2D eigenvalue weighted by molar-refractivity contribution is 0.0698. The van der Waals surface area contributed by atoms with Crippen LogP contribution in [0.5, 0.6) is 0 Å². The van der Waals surface area contributed by atoms with Crippen molar-refractivity contribution in [2.45, 2.75) is 12.8 Å². The van der Waals surface area contributed by atoms with Gasteiger partial charge in [-0.25, -0.2) is 22.9 Å². The summed E-state index contributed by atoms with van der Waals surface area (Å²) in [6, 6.07) is 12.6. The molecule has 3 nitrogen and oxygen atoms in total. The number of pyridine rings is 1. The Morgan fingerprint density at radius 1 is 0.867 bits per heavy atom. The maximum atomic E-state index is 15.0. The number of halogens is 3. The highest BCUT2D eigenvalue weighted by molar-refractivity contribution is 6.06. The SMILES string of the molecule is O=C(O)c1c2c(nc3ccc(F)cc13)-c1cc(F)c(-c3ccccc3F)cc1CC2. The van der Waals surface area contributed by atoms with Crippen LogP contribution in [-0.4, -0.2) is 16.1 Å². The van der Waals surface area contributed by atoms with Gasteiger partial charge in [-0.05, 0) is 60.4 Å². The topological polar surface area (TPSA) is 50.2 Å². The summed E-state index contributed by atoms with van der Waals surface area (Å²) in [5.74, 6) is -2.88. The highest BCUT2D eigenvalue weighted by Crippen LogP contribution is 2.40. The second-order valence-electron chi connectivity index (χ2n) is 7.25. The average Bonchev–Trinajstić information content (AvgIpc) is 2.72. The number of fused-ring (bicyclic) bond motifs is 4. The highest BCUT2D eigenvalue weighted by atomic mass is 19.1. The number of carboxylic acids is 1. The highest BCUT2D eigenvalue weighted by Gasteiger charge is 2.27. The molecule has 0 unspecified atom stereocenters. The van der Waals surface area contributed by atoms with E-state index in [0.29, 0.717) is 35.2 Å². The van der Waals surface area contributed by atoms with Crippen molar-refractivity contribution in [3.05, 3.63) is 88.7 Å². The number of aromatic nitrogens is 1. The summed E-state index contributed by atoms with van der Waals surface area (Å²) in [4.78, 5) is 16.5. The molecule has 6 heteroatoms. The maximum Gasteiger partial charge on any atom is 0.336 e. The number of carbonyl (C=O) groups is 1. The fraction of sp³-hybridized carbons (Fsp3) is 0.0833. The molecule has 0 spiro atoms. The summed E-state index contributed by atoms with van der Waals surface area (Å²) in [6.07, 6.45) is 0.790. The first kappa shape index (κ1) is 18.4. The Balaban J connectivity index is 1.78. The Hall–Kier alpha value is -3.67. The second-order valence-corrected chi connectivity index (χ2v) is 7.25. The molecule has 30 heavy (non-hydrogen) atoms. The molecule has 0 fully saturated rings. The van der Waals surface area contributed by atoms with Gasteiger partial charge in [0.15, 0.2) is 0 Å². The predicted octanol–water partition coefficient (Wildman–Crippen LogP) is 5.78. The van der Waals surface area contributed by atoms with Gasteiger partial charge in [0.2, 0.25) is 0 Å². The Labute approximate surface area is 169 Å². The molecule has 5 rings (SSSR count). The monoisotopic (exact) mass is 405 g/mol. The number of aromatic carboxylic acids is 1. The van der Waals surface area contributed by atoms with Crippen LogP contribution in [0.1, 0.15) is 21.5 Å². The molecule has 4 aromatic rings. The van der Waals surface area contributed by atoms with E-state index >= 15 is 4.39 Å². The van der Waals surface area contributed by atoms with Crippen molar-refractivity contribution in [2.24, 2.45) is 0 Å². The quantitative estimate of drug-likeness (QED) is 0.460. The smallest absolute Gasteiger partial charge is 0.336 e. The molecule has 1 aliphatic carbocycles. The first-order chi connectivity index (χ1) is 14.4. The first-order valence-corrected chi connectivity index (χ1v) is 9.37. The van der Waals surface area contributed by atoms with Crippen molar-refractivity contribution in [3.63, 3.8) is 0 Å². The molecule has 0 bridgehead atoms. The van der Waals surface area contributed by atoms with Crippen LogP contribution in [0.4, 0.5) is 13.2 Å². The predicted molar refractivity (Wildman–Crippen MR) is 107 cm³/mol. The molecule has 0 amide bonds. The Morgan fingerprint density at radius 2 is 1.67 bits per heavy atom. The molecule has 0 radical (unpaired) electrons. The fourth-order valence-corrected chi connectivity index (χ4v) is 4.18. The van der Waals surface area contributed by atoms with Crippen LogP contribution in [0.2, 0.25) is 0 Å². The van der Waals surface area contributed by atoms with Gasteiger partial charge in [-0.2, -0.15) is 0 Å². The second kappa shape index (κ2) is 6.69. The zero-order valence-electron chi connectivity index (χ0n) is 15.5. The zero-order valence-corrected chi connectivity index (χ0v) is 15.5. The third-order valence-corrected chi connectivity index (χ3v) is 5.52. The molecule has 3 aromatic carbocycles. The third-order valence-electron chi connectivity index (χ3n) is 5.52. The lowest BCUT2D eigenvalue weighted by Gasteiger charge is -2.23. The largest absolute Gasteiger partial charge is 0.478 e. The molecular formula is C24H14F3NO2. The van der Waals surface area contributed by atoms with Crippen molar-refractivity contribution in [1.29, 1.82) is 0 Å². The van der Waals surface area contributed by atoms with Crippen LogP contribution >= 0.6 is 0 Å². The molecule has 0 saturated carbocycles. The van der Waals surface area contributed by atoms with Gasteiger partial charge < -0.3 is 5.11 Å². The van der Waals surface area contributed by atoms with E-state index < -0.39 is 23.4 Å². The molecule has 1 aromatic heterocycles. The van der Waals surface area contributed by atoms with Crippen LogP contribution in [0.3, 0.4) is 0 Å². The number of aryl methyl sites for hydroxylation is 1. The summed E-state index contributed by atoms with van der Waals surface area (Å²) in [6.45, 7) is 0. The summed E-state index contributed by atoms with van der Waals surface area (Å²) in [5, 5.41) is 10.0. The third kappa shape index (κ3) is 2.76. The molecule has 1 aliphatic rings. The minimum atomic E-state index is -1.18. The van der Waals surface area contributed by atoms with Crippen LogP contribution in [0.25, 0.3) is 33.3 Å². The van der Waals surface area contributed by atoms with E-state index in [1.807, 2.05) is 0 Å². The molecule has 0 atom stereocenters.